The van der Waals surface area contributed by atoms with Gasteiger partial charge in [0.2, 0.25) is 0 Å². The largest absolute Gasteiger partial charge is 0.0654 e. The van der Waals surface area contributed by atoms with Crippen molar-refractivity contribution in [3.63, 3.8) is 0 Å². The minimum Gasteiger partial charge on any atom is -0.0654 e. The Morgan fingerprint density at radius 3 is 2.42 bits per heavy atom. The zero-order chi connectivity index (χ0) is 18.4. The molecule has 26 heavy (non-hydrogen) atoms. The maximum Gasteiger partial charge on any atom is -0.0181 e. The van der Waals surface area contributed by atoms with Gasteiger partial charge in [-0.05, 0) is 78.2 Å². The molecular weight excluding hydrogens is 312 g/mol. The summed E-state index contributed by atoms with van der Waals surface area (Å²) in [5.74, 6) is 1.77. The number of hydrogen-bond acceptors (Lipinski definition) is 0. The van der Waals surface area contributed by atoms with Crippen LogP contribution >= 0.6 is 0 Å². The number of hydrogen-bond donors (Lipinski definition) is 0. The van der Waals surface area contributed by atoms with Crippen molar-refractivity contribution < 1.29 is 0 Å². The van der Waals surface area contributed by atoms with Crippen LogP contribution in [-0.4, -0.2) is 0 Å². The lowest BCUT2D eigenvalue weighted by Gasteiger charge is -2.27. The first-order valence-electron chi connectivity index (χ1n) is 10.9. The Hall–Kier alpha value is -1.56. The molecule has 2 atom stereocenters. The topological polar surface area (TPSA) is 0 Å². The van der Waals surface area contributed by atoms with E-state index in [1.807, 2.05) is 0 Å². The molecule has 0 saturated heterocycles. The van der Waals surface area contributed by atoms with E-state index < -0.39 is 0 Å². The molecule has 0 aliphatic heterocycles. The monoisotopic (exact) mass is 348 g/mol. The third-order valence-electron chi connectivity index (χ3n) is 6.33. The van der Waals surface area contributed by atoms with E-state index in [0.29, 0.717) is 0 Å². The van der Waals surface area contributed by atoms with Crippen molar-refractivity contribution in [2.75, 3.05) is 0 Å². The maximum absolute atomic E-state index is 2.46. The van der Waals surface area contributed by atoms with Crippen LogP contribution in [0.1, 0.15) is 76.0 Å². The van der Waals surface area contributed by atoms with Crippen molar-refractivity contribution in [1.29, 1.82) is 0 Å². The quantitative estimate of drug-likeness (QED) is 0.430. The van der Waals surface area contributed by atoms with Crippen LogP contribution in [0, 0.1) is 11.8 Å². The second-order valence-electron chi connectivity index (χ2n) is 8.50. The molecule has 2 aromatic rings. The Bertz CT molecular complexity index is 680. The first-order chi connectivity index (χ1) is 12.7. The molecule has 0 aromatic heterocycles. The van der Waals surface area contributed by atoms with Crippen LogP contribution < -0.4 is 0 Å². The van der Waals surface area contributed by atoms with E-state index in [1.165, 1.54) is 74.5 Å². The summed E-state index contributed by atoms with van der Waals surface area (Å²) < 4.78 is 0. The van der Waals surface area contributed by atoms with Gasteiger partial charge in [0.05, 0.1) is 0 Å². The van der Waals surface area contributed by atoms with Crippen LogP contribution in [0.5, 0.6) is 0 Å². The minimum atomic E-state index is 0.872. The molecule has 0 nitrogen and oxygen atoms in total. The fourth-order valence-corrected chi connectivity index (χ4v) is 4.39. The molecule has 2 aromatic carbocycles. The third kappa shape index (κ3) is 5.00. The van der Waals surface area contributed by atoms with Crippen molar-refractivity contribution in [1.82, 2.24) is 0 Å². The molecule has 0 heteroatoms. The summed E-state index contributed by atoms with van der Waals surface area (Å²) in [5.41, 5.74) is 7.44. The second kappa shape index (κ2) is 9.40. The lowest BCUT2D eigenvalue weighted by molar-refractivity contribution is 0.349. The van der Waals surface area contributed by atoms with Crippen LogP contribution in [0.3, 0.4) is 0 Å². The highest BCUT2D eigenvalue weighted by molar-refractivity contribution is 5.65. The summed E-state index contributed by atoms with van der Waals surface area (Å²) in [6.07, 6.45) is 11.8. The van der Waals surface area contributed by atoms with Gasteiger partial charge in [-0.25, -0.2) is 0 Å². The van der Waals surface area contributed by atoms with Gasteiger partial charge in [-0.3, -0.25) is 0 Å². The van der Waals surface area contributed by atoms with Gasteiger partial charge in [-0.1, -0.05) is 82.5 Å². The highest BCUT2D eigenvalue weighted by atomic mass is 14.3. The van der Waals surface area contributed by atoms with Crippen LogP contribution in [0.4, 0.5) is 0 Å². The Kier molecular flexibility index (Phi) is 6.94. The van der Waals surface area contributed by atoms with Gasteiger partial charge in [0.15, 0.2) is 0 Å². The predicted octanol–water partition coefficient (Wildman–Crippen LogP) is 7.63. The van der Waals surface area contributed by atoms with Gasteiger partial charge >= 0.3 is 0 Å². The van der Waals surface area contributed by atoms with E-state index in [9.17, 15) is 0 Å². The molecule has 1 aliphatic carbocycles. The molecule has 0 spiro atoms. The van der Waals surface area contributed by atoms with E-state index >= 15 is 0 Å². The van der Waals surface area contributed by atoms with Gasteiger partial charge in [-0.15, -0.1) is 0 Å². The molecule has 0 radical (unpaired) electrons. The van der Waals surface area contributed by atoms with Gasteiger partial charge in [0.1, 0.15) is 0 Å². The van der Waals surface area contributed by atoms with Crippen LogP contribution in [-0.2, 0) is 19.3 Å². The summed E-state index contributed by atoms with van der Waals surface area (Å²) in [7, 11) is 0. The molecule has 0 amide bonds. The fourth-order valence-electron chi connectivity index (χ4n) is 4.39. The lowest BCUT2D eigenvalue weighted by atomic mass is 9.78. The van der Waals surface area contributed by atoms with Crippen molar-refractivity contribution in [2.24, 2.45) is 11.8 Å². The summed E-state index contributed by atoms with van der Waals surface area (Å²) in [6.45, 7) is 7.00. The maximum atomic E-state index is 2.46. The van der Waals surface area contributed by atoms with Crippen molar-refractivity contribution >= 4 is 0 Å². The Labute approximate surface area is 161 Å². The Morgan fingerprint density at radius 2 is 1.69 bits per heavy atom. The first kappa shape index (κ1) is 19.2. The van der Waals surface area contributed by atoms with Crippen LogP contribution in [0.2, 0.25) is 0 Å². The van der Waals surface area contributed by atoms with Gasteiger partial charge in [0.25, 0.3) is 0 Å². The van der Waals surface area contributed by atoms with Gasteiger partial charge in [-0.2, -0.15) is 0 Å². The normalized spacial score (nSPS) is 17.7. The summed E-state index contributed by atoms with van der Waals surface area (Å²) in [4.78, 5) is 0. The SMILES string of the molecule is CCCCCc1ccc(-c2ccc3c(c2)CCC(CC(C)CC)C3)cc1. The van der Waals surface area contributed by atoms with Crippen LogP contribution in [0.25, 0.3) is 11.1 Å². The molecule has 3 rings (SSSR count). The van der Waals surface area contributed by atoms with Crippen molar-refractivity contribution in [2.45, 2.75) is 78.6 Å². The van der Waals surface area contributed by atoms with E-state index in [2.05, 4.69) is 63.2 Å². The number of rotatable bonds is 8. The average molecular weight is 349 g/mol. The number of benzene rings is 2. The highest BCUT2D eigenvalue weighted by Crippen LogP contribution is 2.33. The molecular formula is C26H36. The molecule has 0 bridgehead atoms. The second-order valence-corrected chi connectivity index (χ2v) is 8.50. The van der Waals surface area contributed by atoms with E-state index in [0.717, 1.165) is 11.8 Å². The number of fused-ring (bicyclic) bond motifs is 1. The molecule has 1 aliphatic rings. The van der Waals surface area contributed by atoms with E-state index in [4.69, 9.17) is 0 Å². The molecule has 0 saturated carbocycles. The lowest BCUT2D eigenvalue weighted by Crippen LogP contribution is -2.16. The number of unbranched alkanes of at least 4 members (excludes halogenated alkanes) is 2. The van der Waals surface area contributed by atoms with E-state index in [1.54, 1.807) is 11.1 Å². The molecule has 0 fully saturated rings. The smallest absolute Gasteiger partial charge is 0.0181 e. The van der Waals surface area contributed by atoms with Gasteiger partial charge in [0, 0.05) is 0 Å². The molecule has 0 N–H and O–H groups in total. The minimum absolute atomic E-state index is 0.872. The molecule has 140 valence electrons. The van der Waals surface area contributed by atoms with E-state index in [-0.39, 0.29) is 0 Å². The fraction of sp³-hybridized carbons (Fsp3) is 0.538. The third-order valence-corrected chi connectivity index (χ3v) is 6.33. The molecule has 2 unspecified atom stereocenters. The first-order valence-corrected chi connectivity index (χ1v) is 10.9. The summed E-state index contributed by atoms with van der Waals surface area (Å²) in [6, 6.07) is 16.5. The summed E-state index contributed by atoms with van der Waals surface area (Å²) in [5, 5.41) is 0. The Balaban J connectivity index is 1.66. The average Bonchev–Trinajstić information content (AvgIpc) is 2.68. The standard InChI is InChI=1S/C26H36/c1-4-6-7-8-21-9-12-23(13-10-21)25-16-15-24-18-22(17-20(3)5-2)11-14-26(24)19-25/h9-10,12-13,15-16,19-20,22H,4-8,11,14,17-18H2,1-3H3. The highest BCUT2D eigenvalue weighted by Gasteiger charge is 2.20. The number of aryl methyl sites for hydroxylation is 2. The molecule has 0 heterocycles. The summed E-state index contributed by atoms with van der Waals surface area (Å²) >= 11 is 0. The Morgan fingerprint density at radius 1 is 0.923 bits per heavy atom. The van der Waals surface area contributed by atoms with Crippen molar-refractivity contribution in [3.05, 3.63) is 59.2 Å². The zero-order valence-electron chi connectivity index (χ0n) is 17.1. The van der Waals surface area contributed by atoms with Gasteiger partial charge < -0.3 is 0 Å². The van der Waals surface area contributed by atoms with Crippen molar-refractivity contribution in [3.8, 4) is 11.1 Å². The van der Waals surface area contributed by atoms with Crippen LogP contribution in [0.15, 0.2) is 42.5 Å². The zero-order valence-corrected chi connectivity index (χ0v) is 17.1. The predicted molar refractivity (Wildman–Crippen MR) is 115 cm³/mol.